The molecule has 0 spiro atoms. The molecule has 43 heavy (non-hydrogen) atoms. The fourth-order valence-electron chi connectivity index (χ4n) is 5.14. The van der Waals surface area contributed by atoms with Gasteiger partial charge in [0.05, 0.1) is 39.7 Å². The number of anilines is 1. The monoisotopic (exact) mass is 602 g/mol. The van der Waals surface area contributed by atoms with Crippen LogP contribution in [0.2, 0.25) is 0 Å². The maximum absolute atomic E-state index is 13.8. The quantitative estimate of drug-likeness (QED) is 0.253. The zero-order chi connectivity index (χ0) is 30.7. The molecule has 0 bridgehead atoms. The van der Waals surface area contributed by atoms with E-state index in [1.165, 1.54) is 11.3 Å². The largest absolute Gasteiger partial charge is 0.486 e. The summed E-state index contributed by atoms with van der Waals surface area (Å²) in [6, 6.07) is 18.9. The van der Waals surface area contributed by atoms with Gasteiger partial charge in [0.15, 0.2) is 10.8 Å². The van der Waals surface area contributed by atoms with Gasteiger partial charge < -0.3 is 25.2 Å². The third-order valence-electron chi connectivity index (χ3n) is 7.57. The number of nitrogens with one attached hydrogen (secondary N) is 1. The summed E-state index contributed by atoms with van der Waals surface area (Å²) in [5.74, 6) is -1.52. The van der Waals surface area contributed by atoms with Gasteiger partial charge in [0.25, 0.3) is 11.8 Å². The van der Waals surface area contributed by atoms with Crippen LogP contribution in [0.25, 0.3) is 10.2 Å². The van der Waals surface area contributed by atoms with E-state index in [1.807, 2.05) is 38.2 Å². The van der Waals surface area contributed by atoms with E-state index < -0.39 is 17.9 Å². The van der Waals surface area contributed by atoms with Crippen LogP contribution >= 0.6 is 11.3 Å². The number of para-hydroxylation sites is 2. The summed E-state index contributed by atoms with van der Waals surface area (Å²) in [7, 11) is 1.95. The minimum atomic E-state index is -0.974. The second-order valence-corrected chi connectivity index (χ2v) is 12.0. The molecule has 224 valence electrons. The van der Waals surface area contributed by atoms with Gasteiger partial charge in [0, 0.05) is 25.6 Å². The van der Waals surface area contributed by atoms with E-state index in [4.69, 9.17) is 4.74 Å². The third-order valence-corrected chi connectivity index (χ3v) is 8.61. The number of hydrogen-bond acceptors (Lipinski definition) is 8. The minimum Gasteiger partial charge on any atom is -0.486 e. The normalized spacial score (nSPS) is 17.6. The number of ether oxygens (including phenoxy) is 1. The summed E-state index contributed by atoms with van der Waals surface area (Å²) in [6.07, 6.45) is -0.385. The van der Waals surface area contributed by atoms with E-state index >= 15 is 0 Å². The minimum absolute atomic E-state index is 0.129. The molecule has 1 aliphatic rings. The molecule has 0 fully saturated rings. The summed E-state index contributed by atoms with van der Waals surface area (Å²) in [4.78, 5) is 46.5. The zero-order valence-corrected chi connectivity index (χ0v) is 25.0. The number of aromatic nitrogens is 1. The second-order valence-electron chi connectivity index (χ2n) is 10.9. The molecule has 2 heterocycles. The molecule has 0 saturated heterocycles. The number of carbonyl (C=O) groups is 3. The molecule has 3 N–H and O–H groups in total. The number of aromatic carboxylic acids is 1. The van der Waals surface area contributed by atoms with E-state index in [0.29, 0.717) is 35.9 Å². The van der Waals surface area contributed by atoms with Gasteiger partial charge >= 0.3 is 5.97 Å². The molecule has 0 radical (unpaired) electrons. The summed E-state index contributed by atoms with van der Waals surface area (Å²) >= 11 is 1.28. The van der Waals surface area contributed by atoms with Crippen LogP contribution in [-0.2, 0) is 6.54 Å². The van der Waals surface area contributed by atoms with Crippen LogP contribution in [0, 0.1) is 5.92 Å². The predicted octanol–water partition coefficient (Wildman–Crippen LogP) is 4.60. The van der Waals surface area contributed by atoms with Gasteiger partial charge in [-0.1, -0.05) is 37.3 Å². The molecule has 0 aliphatic carbocycles. The van der Waals surface area contributed by atoms with Crippen molar-refractivity contribution in [3.8, 4) is 5.75 Å². The number of rotatable bonds is 9. The van der Waals surface area contributed by atoms with E-state index in [9.17, 15) is 24.6 Å². The van der Waals surface area contributed by atoms with Crippen molar-refractivity contribution in [3.05, 3.63) is 88.4 Å². The summed E-state index contributed by atoms with van der Waals surface area (Å²) < 4.78 is 7.50. The van der Waals surface area contributed by atoms with E-state index in [-0.39, 0.29) is 35.8 Å². The van der Waals surface area contributed by atoms with Crippen molar-refractivity contribution < 1.29 is 29.3 Å². The average Bonchev–Trinajstić information content (AvgIpc) is 3.44. The van der Waals surface area contributed by atoms with Crippen molar-refractivity contribution in [3.63, 3.8) is 0 Å². The average molecular weight is 603 g/mol. The van der Waals surface area contributed by atoms with Crippen LogP contribution < -0.4 is 10.1 Å². The van der Waals surface area contributed by atoms with Crippen molar-refractivity contribution in [2.75, 3.05) is 32.1 Å². The fraction of sp³-hybridized carbons (Fsp3) is 0.312. The standard InChI is InChI=1S/C32H34N4O6S/c1-19-15-36(20(2)18-37)31(39)23-7-6-9-25(33-29(38)30-34-24-8-4-5-10-27(24)43-30)28(23)42-26(19)17-35(3)16-21-11-13-22(14-12-21)32(40)41/h4-14,19-20,26,37H,15-18H2,1-3H3,(H,33,38)(H,40,41)/t19-,20-,26-/m0/s1. The van der Waals surface area contributed by atoms with Gasteiger partial charge in [0.2, 0.25) is 0 Å². The van der Waals surface area contributed by atoms with Crippen LogP contribution in [0.3, 0.4) is 0 Å². The fourth-order valence-corrected chi connectivity index (χ4v) is 6.00. The number of carboxylic acid groups (broad SMARTS) is 1. The van der Waals surface area contributed by atoms with E-state index in [2.05, 4.69) is 15.2 Å². The van der Waals surface area contributed by atoms with E-state index in [1.54, 1.807) is 54.3 Å². The molecule has 2 amide bonds. The first-order valence-corrected chi connectivity index (χ1v) is 14.9. The van der Waals surface area contributed by atoms with Gasteiger partial charge in [-0.15, -0.1) is 11.3 Å². The number of carboxylic acids is 1. The number of hydrogen-bond donors (Lipinski definition) is 3. The molecule has 4 aromatic rings. The van der Waals surface area contributed by atoms with Gasteiger partial charge in [-0.2, -0.15) is 0 Å². The number of fused-ring (bicyclic) bond motifs is 2. The highest BCUT2D eigenvalue weighted by atomic mass is 32.1. The number of aliphatic hydroxyl groups is 1. The zero-order valence-electron chi connectivity index (χ0n) is 24.2. The lowest BCUT2D eigenvalue weighted by molar-refractivity contribution is 0.0343. The summed E-state index contributed by atoms with van der Waals surface area (Å²) in [6.45, 7) is 5.00. The molecule has 0 unspecified atom stereocenters. The van der Waals surface area contributed by atoms with Crippen LogP contribution in [0.5, 0.6) is 5.75 Å². The predicted molar refractivity (Wildman–Crippen MR) is 165 cm³/mol. The van der Waals surface area contributed by atoms with Crippen LogP contribution in [0.4, 0.5) is 5.69 Å². The number of thiazole rings is 1. The third kappa shape index (κ3) is 6.69. The van der Waals surface area contributed by atoms with Crippen molar-refractivity contribution in [1.82, 2.24) is 14.8 Å². The molecule has 10 nitrogen and oxygen atoms in total. The highest BCUT2D eigenvalue weighted by molar-refractivity contribution is 7.20. The van der Waals surface area contributed by atoms with Crippen molar-refractivity contribution in [2.24, 2.45) is 5.92 Å². The molecular weight excluding hydrogens is 568 g/mol. The molecule has 0 saturated carbocycles. The summed E-state index contributed by atoms with van der Waals surface area (Å²) in [5, 5.41) is 22.4. The number of carbonyl (C=O) groups excluding carboxylic acids is 2. The van der Waals surface area contributed by atoms with Crippen molar-refractivity contribution in [1.29, 1.82) is 0 Å². The second kappa shape index (κ2) is 12.9. The number of amides is 2. The molecule has 3 atom stereocenters. The van der Waals surface area contributed by atoms with Crippen molar-refractivity contribution >= 4 is 45.0 Å². The molecule has 3 aromatic carbocycles. The van der Waals surface area contributed by atoms with Crippen molar-refractivity contribution in [2.45, 2.75) is 32.5 Å². The van der Waals surface area contributed by atoms with Crippen LogP contribution in [0.1, 0.15) is 49.9 Å². The Balaban J connectivity index is 1.44. The number of aliphatic hydroxyl groups excluding tert-OH is 1. The van der Waals surface area contributed by atoms with E-state index in [0.717, 1.165) is 15.8 Å². The Morgan fingerprint density at radius 1 is 1.14 bits per heavy atom. The Hall–Kier alpha value is -4.32. The Labute approximate surface area is 253 Å². The molecular formula is C32H34N4O6S. The molecule has 11 heteroatoms. The van der Waals surface area contributed by atoms with Gasteiger partial charge in [-0.3, -0.25) is 14.5 Å². The highest BCUT2D eigenvalue weighted by Crippen LogP contribution is 2.35. The van der Waals surface area contributed by atoms with Crippen LogP contribution in [0.15, 0.2) is 66.7 Å². The Morgan fingerprint density at radius 2 is 1.88 bits per heavy atom. The Bertz CT molecular complexity index is 1610. The lowest BCUT2D eigenvalue weighted by atomic mass is 9.98. The Morgan fingerprint density at radius 3 is 2.58 bits per heavy atom. The first-order valence-electron chi connectivity index (χ1n) is 14.0. The molecule has 5 rings (SSSR count). The lowest BCUT2D eigenvalue weighted by Gasteiger charge is -2.38. The smallest absolute Gasteiger partial charge is 0.335 e. The Kier molecular flexibility index (Phi) is 9.05. The number of benzene rings is 3. The number of likely N-dealkylation sites (N-methyl/N-ethyl adjacent to an activating group) is 1. The molecule has 1 aliphatic heterocycles. The number of nitrogens with zero attached hydrogens (tertiary/aromatic N) is 3. The maximum atomic E-state index is 13.8. The summed E-state index contributed by atoms with van der Waals surface area (Å²) in [5.41, 5.74) is 2.56. The van der Waals surface area contributed by atoms with Gasteiger partial charge in [0.1, 0.15) is 6.10 Å². The SMILES string of the molecule is C[C@H]1CN([C@@H](C)CO)C(=O)c2cccc(NC(=O)c3nc4ccccc4s3)c2O[C@H]1CN(C)Cc1ccc(C(=O)O)cc1. The van der Waals surface area contributed by atoms with Gasteiger partial charge in [-0.05, 0) is 55.9 Å². The van der Waals surface area contributed by atoms with Gasteiger partial charge in [-0.25, -0.2) is 9.78 Å². The molecule has 1 aromatic heterocycles. The maximum Gasteiger partial charge on any atom is 0.335 e. The topological polar surface area (TPSA) is 132 Å². The van der Waals surface area contributed by atoms with Crippen LogP contribution in [-0.4, -0.2) is 81.7 Å². The first kappa shape index (κ1) is 30.1. The highest BCUT2D eigenvalue weighted by Gasteiger charge is 2.34. The lowest BCUT2D eigenvalue weighted by Crippen LogP contribution is -2.49. The first-order chi connectivity index (χ1) is 20.6.